The number of aliphatic hydroxyl groups is 1. The molecule has 0 aliphatic carbocycles. The molecule has 31 heavy (non-hydrogen) atoms. The van der Waals surface area contributed by atoms with Crippen molar-refractivity contribution >= 4 is 20.2 Å². The number of hydrogen-bond donors (Lipinski definition) is 1. The summed E-state index contributed by atoms with van der Waals surface area (Å²) in [5.74, 6) is 0. The van der Waals surface area contributed by atoms with Gasteiger partial charge in [-0.25, -0.2) is 0 Å². The van der Waals surface area contributed by atoms with Crippen molar-refractivity contribution in [3.63, 3.8) is 0 Å². The first-order valence-corrected chi connectivity index (χ1v) is 12.3. The number of hydrogen-bond acceptors (Lipinski definition) is 9. The maximum Gasteiger partial charge on any atom is 0.297 e. The monoisotopic (exact) mass is 470 g/mol. The van der Waals surface area contributed by atoms with Crippen molar-refractivity contribution in [2.24, 2.45) is 0 Å². The molecule has 0 aromatic heterocycles. The summed E-state index contributed by atoms with van der Waals surface area (Å²) in [7, 11) is -8.44. The first kappa shape index (κ1) is 22.3. The summed E-state index contributed by atoms with van der Waals surface area (Å²) in [6, 6.07) is 12.0. The number of epoxide rings is 1. The van der Waals surface area contributed by atoms with E-state index in [1.54, 1.807) is 24.3 Å². The molecular formula is C20H22O9S2. The van der Waals surface area contributed by atoms with E-state index >= 15 is 0 Å². The van der Waals surface area contributed by atoms with Crippen molar-refractivity contribution in [2.75, 3.05) is 6.61 Å². The highest BCUT2D eigenvalue weighted by Crippen LogP contribution is 2.41. The standard InChI is InChI=1S/C20H22O9S2/c1-12-3-7-14(8-4-12)30(22,23)26-11-16(17-18-19(27-18)20(21)28-17)29-31(24,25)15-9-5-13(2)6-10-15/h3-10,16-21H,11H2,1-2H3/t16-,17-,18-,19-,20-/m1/s1. The first-order chi connectivity index (χ1) is 14.6. The normalized spacial score (nSPS) is 26.4. The lowest BCUT2D eigenvalue weighted by Gasteiger charge is -2.24. The zero-order valence-electron chi connectivity index (χ0n) is 16.7. The quantitative estimate of drug-likeness (QED) is 0.448. The van der Waals surface area contributed by atoms with Crippen LogP contribution in [0.3, 0.4) is 0 Å². The molecule has 0 unspecified atom stereocenters. The van der Waals surface area contributed by atoms with Crippen LogP contribution in [0.5, 0.6) is 0 Å². The molecule has 0 radical (unpaired) electrons. The fourth-order valence-electron chi connectivity index (χ4n) is 3.28. The van der Waals surface area contributed by atoms with E-state index in [9.17, 15) is 21.9 Å². The lowest BCUT2D eigenvalue weighted by atomic mass is 10.1. The summed E-state index contributed by atoms with van der Waals surface area (Å²) in [4.78, 5) is -0.178. The molecule has 2 fully saturated rings. The van der Waals surface area contributed by atoms with Crippen LogP contribution < -0.4 is 0 Å². The van der Waals surface area contributed by atoms with Gasteiger partial charge in [-0.2, -0.15) is 16.8 Å². The Balaban J connectivity index is 1.55. The van der Waals surface area contributed by atoms with E-state index in [-0.39, 0.29) is 9.79 Å². The van der Waals surface area contributed by atoms with E-state index in [1.165, 1.54) is 24.3 Å². The fourth-order valence-corrected chi connectivity index (χ4v) is 5.26. The van der Waals surface area contributed by atoms with Crippen LogP contribution in [0.25, 0.3) is 0 Å². The Bertz CT molecular complexity index is 1140. The molecule has 168 valence electrons. The van der Waals surface area contributed by atoms with Gasteiger partial charge < -0.3 is 14.6 Å². The smallest absolute Gasteiger partial charge is 0.297 e. The molecule has 2 heterocycles. The van der Waals surface area contributed by atoms with Gasteiger partial charge in [0.2, 0.25) is 0 Å². The summed E-state index contributed by atoms with van der Waals surface area (Å²) in [5.41, 5.74) is 1.73. The first-order valence-electron chi connectivity index (χ1n) is 9.52. The molecule has 4 rings (SSSR count). The van der Waals surface area contributed by atoms with Gasteiger partial charge >= 0.3 is 0 Å². The number of aliphatic hydroxyl groups excluding tert-OH is 1. The van der Waals surface area contributed by atoms with Crippen molar-refractivity contribution in [3.05, 3.63) is 59.7 Å². The molecule has 0 amide bonds. The van der Waals surface area contributed by atoms with E-state index in [1.807, 2.05) is 13.8 Å². The van der Waals surface area contributed by atoms with Crippen LogP contribution in [0.15, 0.2) is 58.3 Å². The molecule has 1 N–H and O–H groups in total. The number of benzene rings is 2. The lowest BCUT2D eigenvalue weighted by Crippen LogP contribution is -2.40. The minimum atomic E-state index is -4.27. The van der Waals surface area contributed by atoms with Gasteiger partial charge in [0.15, 0.2) is 6.29 Å². The Labute approximate surface area is 180 Å². The van der Waals surface area contributed by atoms with Crippen LogP contribution >= 0.6 is 0 Å². The highest BCUT2D eigenvalue weighted by Gasteiger charge is 2.61. The topological polar surface area (TPSA) is 129 Å². The Morgan fingerprint density at radius 1 is 0.839 bits per heavy atom. The molecule has 2 aromatic rings. The minimum Gasteiger partial charge on any atom is -0.366 e. The summed E-state index contributed by atoms with van der Waals surface area (Å²) in [5, 5.41) is 9.83. The van der Waals surface area contributed by atoms with Crippen molar-refractivity contribution in [3.8, 4) is 0 Å². The number of rotatable bonds is 8. The highest BCUT2D eigenvalue weighted by molar-refractivity contribution is 7.87. The van der Waals surface area contributed by atoms with Crippen LogP contribution in [0.1, 0.15) is 11.1 Å². The second-order valence-corrected chi connectivity index (χ2v) is 10.7. The molecule has 0 saturated carbocycles. The Hall–Kier alpha value is -1.86. The van der Waals surface area contributed by atoms with Gasteiger partial charge in [-0.05, 0) is 38.1 Å². The van der Waals surface area contributed by atoms with Crippen LogP contribution in [0.2, 0.25) is 0 Å². The second kappa shape index (κ2) is 8.24. The maximum atomic E-state index is 12.8. The van der Waals surface area contributed by atoms with Gasteiger partial charge in [-0.1, -0.05) is 35.4 Å². The summed E-state index contributed by atoms with van der Waals surface area (Å²) >= 11 is 0. The van der Waals surface area contributed by atoms with Gasteiger partial charge in [-0.3, -0.25) is 8.37 Å². The van der Waals surface area contributed by atoms with Gasteiger partial charge in [0.25, 0.3) is 20.2 Å². The number of ether oxygens (including phenoxy) is 2. The number of aryl methyl sites for hydroxylation is 2. The van der Waals surface area contributed by atoms with Gasteiger partial charge in [0, 0.05) is 0 Å². The van der Waals surface area contributed by atoms with E-state index in [0.717, 1.165) is 11.1 Å². The van der Waals surface area contributed by atoms with Crippen LogP contribution in [0.4, 0.5) is 0 Å². The molecule has 2 saturated heterocycles. The number of fused-ring (bicyclic) bond motifs is 1. The summed E-state index contributed by atoms with van der Waals surface area (Å²) < 4.78 is 71.6. The van der Waals surface area contributed by atoms with Gasteiger partial charge in [0.05, 0.1) is 16.4 Å². The van der Waals surface area contributed by atoms with Gasteiger partial charge in [0.1, 0.15) is 24.4 Å². The predicted octanol–water partition coefficient (Wildman–Crippen LogP) is 1.27. The molecule has 2 aliphatic heterocycles. The summed E-state index contributed by atoms with van der Waals surface area (Å²) in [6.45, 7) is 2.97. The van der Waals surface area contributed by atoms with E-state index in [4.69, 9.17) is 17.8 Å². The largest absolute Gasteiger partial charge is 0.366 e. The third-order valence-corrected chi connectivity index (χ3v) is 7.73. The third-order valence-electron chi connectivity index (χ3n) is 5.09. The molecule has 5 atom stereocenters. The lowest BCUT2D eigenvalue weighted by molar-refractivity contribution is -0.165. The molecule has 0 bridgehead atoms. The van der Waals surface area contributed by atoms with Gasteiger partial charge in [-0.15, -0.1) is 0 Å². The molecule has 11 heteroatoms. The van der Waals surface area contributed by atoms with E-state index < -0.39 is 57.5 Å². The Morgan fingerprint density at radius 2 is 1.35 bits per heavy atom. The zero-order valence-corrected chi connectivity index (χ0v) is 18.4. The van der Waals surface area contributed by atoms with Crippen molar-refractivity contribution < 1.29 is 39.8 Å². The van der Waals surface area contributed by atoms with Crippen LogP contribution in [-0.4, -0.2) is 59.3 Å². The average Bonchev–Trinajstić information content (AvgIpc) is 3.44. The Morgan fingerprint density at radius 3 is 1.81 bits per heavy atom. The van der Waals surface area contributed by atoms with E-state index in [2.05, 4.69) is 0 Å². The molecular weight excluding hydrogens is 448 g/mol. The average molecular weight is 471 g/mol. The Kier molecular flexibility index (Phi) is 5.94. The zero-order chi connectivity index (χ0) is 22.4. The SMILES string of the molecule is Cc1ccc(S(=O)(=O)OC[C@@H](OS(=O)(=O)c2ccc(C)cc2)[C@H]2O[C@@H](O)[C@@H]3O[C@@H]32)cc1. The third kappa shape index (κ3) is 4.82. The fraction of sp³-hybridized carbons (Fsp3) is 0.400. The van der Waals surface area contributed by atoms with Crippen molar-refractivity contribution in [1.82, 2.24) is 0 Å². The van der Waals surface area contributed by atoms with Crippen LogP contribution in [-0.2, 0) is 38.1 Å². The maximum absolute atomic E-state index is 12.8. The predicted molar refractivity (Wildman–Crippen MR) is 107 cm³/mol. The summed E-state index contributed by atoms with van der Waals surface area (Å²) in [6.07, 6.45) is -4.85. The van der Waals surface area contributed by atoms with Crippen molar-refractivity contribution in [1.29, 1.82) is 0 Å². The minimum absolute atomic E-state index is 0.0776. The van der Waals surface area contributed by atoms with Crippen LogP contribution in [0, 0.1) is 13.8 Å². The molecule has 9 nitrogen and oxygen atoms in total. The van der Waals surface area contributed by atoms with E-state index in [0.29, 0.717) is 0 Å². The molecule has 2 aliphatic rings. The van der Waals surface area contributed by atoms with Crippen molar-refractivity contribution in [2.45, 2.75) is 54.3 Å². The highest BCUT2D eigenvalue weighted by atomic mass is 32.2. The molecule has 2 aromatic carbocycles. The second-order valence-electron chi connectivity index (χ2n) is 7.51. The molecule has 0 spiro atoms.